The van der Waals surface area contributed by atoms with Gasteiger partial charge in [-0.3, -0.25) is 4.90 Å². The Bertz CT molecular complexity index is 340. The first-order valence-corrected chi connectivity index (χ1v) is 7.25. The average Bonchev–Trinajstić information content (AvgIpc) is 2.67. The summed E-state index contributed by atoms with van der Waals surface area (Å²) in [5, 5.41) is 0. The molecule has 0 amide bonds. The molecule has 96 valence electrons. The topological polar surface area (TPSA) is 38.5 Å². The van der Waals surface area contributed by atoms with Gasteiger partial charge in [-0.15, -0.1) is 11.3 Å². The van der Waals surface area contributed by atoms with E-state index >= 15 is 0 Å². The Balaban J connectivity index is 1.92. The van der Waals surface area contributed by atoms with Gasteiger partial charge in [-0.1, -0.05) is 6.92 Å². The molecule has 1 aliphatic rings. The molecule has 0 spiro atoms. The van der Waals surface area contributed by atoms with E-state index in [1.54, 1.807) is 0 Å². The van der Waals surface area contributed by atoms with E-state index < -0.39 is 0 Å². The van der Waals surface area contributed by atoms with Gasteiger partial charge in [0.1, 0.15) is 0 Å². The molecule has 0 aliphatic carbocycles. The molecule has 0 aromatic carbocycles. The van der Waals surface area contributed by atoms with E-state index in [0.717, 1.165) is 39.1 Å². The maximum atomic E-state index is 5.79. The molecule has 1 fully saturated rings. The van der Waals surface area contributed by atoms with E-state index in [1.807, 2.05) is 11.3 Å². The van der Waals surface area contributed by atoms with E-state index in [4.69, 9.17) is 10.5 Å². The molecule has 1 aliphatic heterocycles. The van der Waals surface area contributed by atoms with Crippen molar-refractivity contribution >= 4 is 11.3 Å². The Morgan fingerprint density at radius 1 is 1.47 bits per heavy atom. The van der Waals surface area contributed by atoms with E-state index in [0.29, 0.717) is 12.6 Å². The lowest BCUT2D eigenvalue weighted by molar-refractivity contribution is 0.0511. The molecule has 2 N–H and O–H groups in total. The molecular weight excluding hydrogens is 232 g/mol. The van der Waals surface area contributed by atoms with Crippen LogP contribution >= 0.6 is 11.3 Å². The first-order valence-electron chi connectivity index (χ1n) is 6.43. The summed E-state index contributed by atoms with van der Waals surface area (Å²) >= 11 is 1.83. The van der Waals surface area contributed by atoms with Crippen molar-refractivity contribution in [2.75, 3.05) is 19.7 Å². The second-order valence-corrected chi connectivity index (χ2v) is 5.81. The van der Waals surface area contributed by atoms with Crippen molar-refractivity contribution in [2.24, 2.45) is 5.73 Å². The molecule has 1 aromatic heterocycles. The SMILES string of the molecule is CCC1CN(Cc2ccc(CN)s2)CCCO1. The molecule has 1 unspecified atom stereocenters. The van der Waals surface area contributed by atoms with Crippen LogP contribution in [0.5, 0.6) is 0 Å². The van der Waals surface area contributed by atoms with Crippen LogP contribution in [0.15, 0.2) is 12.1 Å². The van der Waals surface area contributed by atoms with Crippen LogP contribution in [0.4, 0.5) is 0 Å². The van der Waals surface area contributed by atoms with Crippen LogP contribution in [-0.4, -0.2) is 30.7 Å². The van der Waals surface area contributed by atoms with Crippen molar-refractivity contribution < 1.29 is 4.74 Å². The van der Waals surface area contributed by atoms with Gasteiger partial charge in [-0.25, -0.2) is 0 Å². The molecule has 1 saturated heterocycles. The third kappa shape index (κ3) is 3.78. The molecule has 1 aromatic rings. The maximum Gasteiger partial charge on any atom is 0.0699 e. The molecule has 1 atom stereocenters. The van der Waals surface area contributed by atoms with Gasteiger partial charge in [0, 0.05) is 42.5 Å². The lowest BCUT2D eigenvalue weighted by Gasteiger charge is -2.22. The lowest BCUT2D eigenvalue weighted by Crippen LogP contribution is -2.30. The van der Waals surface area contributed by atoms with Gasteiger partial charge in [0.05, 0.1) is 6.10 Å². The number of hydrogen-bond donors (Lipinski definition) is 1. The Labute approximate surface area is 108 Å². The van der Waals surface area contributed by atoms with E-state index in [-0.39, 0.29) is 0 Å². The first-order chi connectivity index (χ1) is 8.31. The summed E-state index contributed by atoms with van der Waals surface area (Å²) in [6, 6.07) is 4.35. The van der Waals surface area contributed by atoms with Crippen LogP contribution in [-0.2, 0) is 17.8 Å². The number of ether oxygens (including phenoxy) is 1. The van der Waals surface area contributed by atoms with E-state index in [2.05, 4.69) is 24.0 Å². The van der Waals surface area contributed by atoms with Crippen molar-refractivity contribution in [3.05, 3.63) is 21.9 Å². The minimum atomic E-state index is 0.409. The molecule has 2 rings (SSSR count). The molecule has 0 bridgehead atoms. The Hall–Kier alpha value is -0.420. The fourth-order valence-electron chi connectivity index (χ4n) is 2.20. The minimum absolute atomic E-state index is 0.409. The largest absolute Gasteiger partial charge is 0.377 e. The standard InChI is InChI=1S/C13H22N2OS/c1-2-11-9-15(6-3-7-16-11)10-13-5-4-12(8-14)17-13/h4-5,11H,2-3,6-10,14H2,1H3. The minimum Gasteiger partial charge on any atom is -0.377 e. The van der Waals surface area contributed by atoms with Gasteiger partial charge in [-0.05, 0) is 25.0 Å². The molecule has 0 saturated carbocycles. The molecule has 0 radical (unpaired) electrons. The quantitative estimate of drug-likeness (QED) is 0.895. The number of hydrogen-bond acceptors (Lipinski definition) is 4. The maximum absolute atomic E-state index is 5.79. The smallest absolute Gasteiger partial charge is 0.0699 e. The number of thiophene rings is 1. The molecular formula is C13H22N2OS. The Morgan fingerprint density at radius 3 is 3.00 bits per heavy atom. The zero-order chi connectivity index (χ0) is 12.1. The third-order valence-electron chi connectivity index (χ3n) is 3.19. The van der Waals surface area contributed by atoms with Crippen LogP contribution in [0.1, 0.15) is 29.5 Å². The third-order valence-corrected chi connectivity index (χ3v) is 4.28. The van der Waals surface area contributed by atoms with Crippen molar-refractivity contribution in [1.29, 1.82) is 0 Å². The average molecular weight is 254 g/mol. The highest BCUT2D eigenvalue weighted by Gasteiger charge is 2.17. The fraction of sp³-hybridized carbons (Fsp3) is 0.692. The van der Waals surface area contributed by atoms with Gasteiger partial charge >= 0.3 is 0 Å². The fourth-order valence-corrected chi connectivity index (χ4v) is 3.14. The van der Waals surface area contributed by atoms with Crippen molar-refractivity contribution in [1.82, 2.24) is 4.90 Å². The monoisotopic (exact) mass is 254 g/mol. The van der Waals surface area contributed by atoms with Crippen molar-refractivity contribution in [3.8, 4) is 0 Å². The molecule has 2 heterocycles. The molecule has 3 nitrogen and oxygen atoms in total. The van der Waals surface area contributed by atoms with Crippen LogP contribution in [0.3, 0.4) is 0 Å². The van der Waals surface area contributed by atoms with Crippen molar-refractivity contribution in [2.45, 2.75) is 39.0 Å². The Kier molecular flexibility index (Phi) is 4.98. The van der Waals surface area contributed by atoms with Gasteiger partial charge < -0.3 is 10.5 Å². The molecule has 17 heavy (non-hydrogen) atoms. The number of nitrogens with two attached hydrogens (primary N) is 1. The van der Waals surface area contributed by atoms with Crippen LogP contribution in [0.2, 0.25) is 0 Å². The second-order valence-electron chi connectivity index (χ2n) is 4.56. The normalized spacial score (nSPS) is 22.6. The van der Waals surface area contributed by atoms with Crippen LogP contribution in [0.25, 0.3) is 0 Å². The van der Waals surface area contributed by atoms with E-state index in [1.165, 1.54) is 9.75 Å². The highest BCUT2D eigenvalue weighted by molar-refractivity contribution is 7.11. The summed E-state index contributed by atoms with van der Waals surface area (Å²) in [7, 11) is 0. The predicted octanol–water partition coefficient (Wildman–Crippen LogP) is 2.21. The molecule has 4 heteroatoms. The zero-order valence-electron chi connectivity index (χ0n) is 10.5. The van der Waals surface area contributed by atoms with Crippen molar-refractivity contribution in [3.63, 3.8) is 0 Å². The van der Waals surface area contributed by atoms with Gasteiger partial charge in [0.25, 0.3) is 0 Å². The summed E-state index contributed by atoms with van der Waals surface area (Å²) in [5.41, 5.74) is 5.64. The lowest BCUT2D eigenvalue weighted by atomic mass is 10.2. The summed E-state index contributed by atoms with van der Waals surface area (Å²) < 4.78 is 5.79. The van der Waals surface area contributed by atoms with E-state index in [9.17, 15) is 0 Å². The number of nitrogens with zero attached hydrogens (tertiary/aromatic N) is 1. The van der Waals surface area contributed by atoms with Crippen LogP contribution < -0.4 is 5.73 Å². The zero-order valence-corrected chi connectivity index (χ0v) is 11.3. The highest BCUT2D eigenvalue weighted by atomic mass is 32.1. The summed E-state index contributed by atoms with van der Waals surface area (Å²) in [4.78, 5) is 5.20. The van der Waals surface area contributed by atoms with Gasteiger partial charge in [-0.2, -0.15) is 0 Å². The Morgan fingerprint density at radius 2 is 2.29 bits per heavy atom. The summed E-state index contributed by atoms with van der Waals surface area (Å²) in [6.07, 6.45) is 2.66. The second kappa shape index (κ2) is 6.50. The summed E-state index contributed by atoms with van der Waals surface area (Å²) in [5.74, 6) is 0. The predicted molar refractivity (Wildman–Crippen MR) is 72.1 cm³/mol. The summed E-state index contributed by atoms with van der Waals surface area (Å²) in [6.45, 7) is 7.02. The first kappa shape index (κ1) is 13.0. The number of rotatable bonds is 4. The van der Waals surface area contributed by atoms with Gasteiger partial charge in [0.2, 0.25) is 0 Å². The van der Waals surface area contributed by atoms with Gasteiger partial charge in [0.15, 0.2) is 0 Å². The highest BCUT2D eigenvalue weighted by Crippen LogP contribution is 2.19. The van der Waals surface area contributed by atoms with Crippen LogP contribution in [0, 0.1) is 0 Å².